The van der Waals surface area contributed by atoms with E-state index in [-0.39, 0.29) is 17.3 Å². The molecule has 23 heavy (non-hydrogen) atoms. The van der Waals surface area contributed by atoms with Crippen LogP contribution < -0.4 is 0 Å². The summed E-state index contributed by atoms with van der Waals surface area (Å²) >= 11 is 0. The van der Waals surface area contributed by atoms with Crippen LogP contribution in [0.1, 0.15) is 58.3 Å². The third kappa shape index (κ3) is 1.99. The van der Waals surface area contributed by atoms with Crippen molar-refractivity contribution in [3.63, 3.8) is 0 Å². The zero-order valence-corrected chi connectivity index (χ0v) is 14.1. The number of rotatable bonds is 0. The summed E-state index contributed by atoms with van der Waals surface area (Å²) in [6.45, 7) is 3.83. The van der Waals surface area contributed by atoms with Gasteiger partial charge in [-0.25, -0.2) is 0 Å². The van der Waals surface area contributed by atoms with Gasteiger partial charge in [-0.2, -0.15) is 0 Å². The van der Waals surface area contributed by atoms with Crippen LogP contribution in [0.3, 0.4) is 0 Å². The molecule has 0 aromatic heterocycles. The average molecular weight is 316 g/mol. The van der Waals surface area contributed by atoms with Gasteiger partial charge >= 0.3 is 0 Å². The Hall–Kier alpha value is -0.640. The lowest BCUT2D eigenvalue weighted by Gasteiger charge is -2.48. The molecule has 0 unspecified atom stereocenters. The summed E-state index contributed by atoms with van der Waals surface area (Å²) in [7, 11) is 0. The van der Waals surface area contributed by atoms with Crippen molar-refractivity contribution >= 4 is 0 Å². The van der Waals surface area contributed by atoms with Crippen molar-refractivity contribution < 1.29 is 14.6 Å². The van der Waals surface area contributed by atoms with Crippen LogP contribution in [-0.4, -0.2) is 30.2 Å². The molecule has 3 heteroatoms. The second-order valence-electron chi connectivity index (χ2n) is 8.58. The van der Waals surface area contributed by atoms with E-state index in [4.69, 9.17) is 9.47 Å². The first-order valence-corrected chi connectivity index (χ1v) is 9.49. The van der Waals surface area contributed by atoms with E-state index in [1.54, 1.807) is 16.7 Å². The summed E-state index contributed by atoms with van der Waals surface area (Å²) in [5.41, 5.74) is 4.99. The number of fused-ring (bicyclic) bond motifs is 4. The first-order chi connectivity index (χ1) is 11.1. The normalized spacial score (nSPS) is 44.8. The van der Waals surface area contributed by atoms with Gasteiger partial charge in [0.05, 0.1) is 19.3 Å². The van der Waals surface area contributed by atoms with Gasteiger partial charge in [-0.3, -0.25) is 0 Å². The molecule has 5 rings (SSSR count). The highest BCUT2D eigenvalue weighted by atomic mass is 16.7. The predicted octanol–water partition coefficient (Wildman–Crippen LogP) is 3.73. The maximum absolute atomic E-state index is 10.5. The summed E-state index contributed by atoms with van der Waals surface area (Å²) in [6, 6.07) is 0. The van der Waals surface area contributed by atoms with E-state index in [9.17, 15) is 5.11 Å². The Morgan fingerprint density at radius 1 is 1.13 bits per heavy atom. The summed E-state index contributed by atoms with van der Waals surface area (Å²) in [4.78, 5) is 0. The standard InChI is InChI=1S/C20H28O3/c1-19-8-6-15-14-7-9-20(22-10-11-23-20)12-13(14)2-3-16(15)17(19)4-5-18(19)21/h6,16-18,21H,2-5,7-12H2,1H3/t16-,17+,18-,19+/m1/s1. The quantitative estimate of drug-likeness (QED) is 0.740. The van der Waals surface area contributed by atoms with Crippen LogP contribution in [-0.2, 0) is 9.47 Å². The third-order valence-electron chi connectivity index (χ3n) is 7.59. The number of ether oxygens (including phenoxy) is 2. The fourth-order valence-electron chi connectivity index (χ4n) is 6.27. The number of allylic oxidation sites excluding steroid dienone is 3. The molecule has 1 aliphatic heterocycles. The lowest BCUT2D eigenvalue weighted by molar-refractivity contribution is -0.164. The summed E-state index contributed by atoms with van der Waals surface area (Å²) in [5.74, 6) is 1.07. The first kappa shape index (κ1) is 14.7. The van der Waals surface area contributed by atoms with E-state index >= 15 is 0 Å². The van der Waals surface area contributed by atoms with Crippen molar-refractivity contribution in [3.05, 3.63) is 22.8 Å². The average Bonchev–Trinajstić information content (AvgIpc) is 3.12. The van der Waals surface area contributed by atoms with E-state index in [2.05, 4.69) is 13.0 Å². The molecule has 0 bridgehead atoms. The molecule has 3 nitrogen and oxygen atoms in total. The fraction of sp³-hybridized carbons (Fsp3) is 0.800. The van der Waals surface area contributed by atoms with Gasteiger partial charge in [-0.1, -0.05) is 18.6 Å². The van der Waals surface area contributed by atoms with Crippen LogP contribution in [0.2, 0.25) is 0 Å². The lowest BCUT2D eigenvalue weighted by Crippen LogP contribution is -2.42. The highest BCUT2D eigenvalue weighted by molar-refractivity contribution is 5.44. The molecule has 126 valence electrons. The molecule has 5 aliphatic rings. The van der Waals surface area contributed by atoms with Crippen LogP contribution >= 0.6 is 0 Å². The molecule has 2 fully saturated rings. The third-order valence-corrected chi connectivity index (χ3v) is 7.59. The molecule has 4 atom stereocenters. The summed E-state index contributed by atoms with van der Waals surface area (Å²) in [5, 5.41) is 10.5. The van der Waals surface area contributed by atoms with Gasteiger partial charge < -0.3 is 14.6 Å². The molecule has 0 radical (unpaired) electrons. The highest BCUT2D eigenvalue weighted by Gasteiger charge is 2.53. The zero-order valence-electron chi connectivity index (χ0n) is 14.1. The summed E-state index contributed by atoms with van der Waals surface area (Å²) < 4.78 is 11.9. The van der Waals surface area contributed by atoms with E-state index in [1.165, 1.54) is 19.3 Å². The van der Waals surface area contributed by atoms with Crippen molar-refractivity contribution in [1.82, 2.24) is 0 Å². The fourth-order valence-corrected chi connectivity index (χ4v) is 6.27. The van der Waals surface area contributed by atoms with Gasteiger partial charge in [0, 0.05) is 18.3 Å². The minimum absolute atomic E-state index is 0.101. The molecule has 1 spiro atoms. The Labute approximate surface area is 138 Å². The van der Waals surface area contributed by atoms with Gasteiger partial charge in [0.2, 0.25) is 0 Å². The van der Waals surface area contributed by atoms with Crippen molar-refractivity contribution in [2.45, 2.75) is 70.2 Å². The number of aliphatic hydroxyl groups excluding tert-OH is 1. The molecule has 1 saturated carbocycles. The molecule has 0 aromatic rings. The van der Waals surface area contributed by atoms with Gasteiger partial charge in [-0.15, -0.1) is 0 Å². The van der Waals surface area contributed by atoms with Crippen molar-refractivity contribution in [2.75, 3.05) is 13.2 Å². The van der Waals surface area contributed by atoms with Crippen LogP contribution in [0.5, 0.6) is 0 Å². The molecule has 0 aromatic carbocycles. The largest absolute Gasteiger partial charge is 0.393 e. The maximum Gasteiger partial charge on any atom is 0.172 e. The van der Waals surface area contributed by atoms with Crippen LogP contribution in [0, 0.1) is 17.3 Å². The minimum Gasteiger partial charge on any atom is -0.393 e. The first-order valence-electron chi connectivity index (χ1n) is 9.49. The summed E-state index contributed by atoms with van der Waals surface area (Å²) in [6.07, 6.45) is 11.2. The van der Waals surface area contributed by atoms with Gasteiger partial charge in [0.15, 0.2) is 5.79 Å². The second kappa shape index (κ2) is 4.93. The molecule has 1 heterocycles. The Bertz CT molecular complexity index is 584. The number of hydrogen-bond acceptors (Lipinski definition) is 3. The van der Waals surface area contributed by atoms with Crippen molar-refractivity contribution in [2.24, 2.45) is 17.3 Å². The smallest absolute Gasteiger partial charge is 0.172 e. The van der Waals surface area contributed by atoms with Gasteiger partial charge in [0.25, 0.3) is 0 Å². The van der Waals surface area contributed by atoms with Crippen molar-refractivity contribution in [3.8, 4) is 0 Å². The van der Waals surface area contributed by atoms with E-state index in [1.807, 2.05) is 0 Å². The lowest BCUT2D eigenvalue weighted by atomic mass is 9.58. The molecule has 1 saturated heterocycles. The zero-order chi connectivity index (χ0) is 15.7. The predicted molar refractivity (Wildman–Crippen MR) is 87.8 cm³/mol. The minimum atomic E-state index is -0.293. The number of aliphatic hydroxyl groups is 1. The van der Waals surface area contributed by atoms with Crippen LogP contribution in [0.4, 0.5) is 0 Å². The molecule has 4 aliphatic carbocycles. The monoisotopic (exact) mass is 316 g/mol. The molecule has 1 N–H and O–H groups in total. The Kier molecular flexibility index (Phi) is 3.15. The highest BCUT2D eigenvalue weighted by Crippen LogP contribution is 2.59. The van der Waals surface area contributed by atoms with Crippen LogP contribution in [0.25, 0.3) is 0 Å². The Morgan fingerprint density at radius 2 is 1.96 bits per heavy atom. The van der Waals surface area contributed by atoms with E-state index in [0.717, 1.165) is 45.3 Å². The topological polar surface area (TPSA) is 38.7 Å². The Balaban J connectivity index is 1.48. The number of hydrogen-bond donors (Lipinski definition) is 1. The SMILES string of the molecule is C[C@]12CC=C3C4=C(CC[C@H]3[C@@H]1CC[C@H]2O)CC1(CC4)OCCO1. The maximum atomic E-state index is 10.5. The van der Waals surface area contributed by atoms with E-state index in [0.29, 0.717) is 11.8 Å². The molecule has 0 amide bonds. The van der Waals surface area contributed by atoms with Crippen LogP contribution in [0.15, 0.2) is 22.8 Å². The van der Waals surface area contributed by atoms with Crippen molar-refractivity contribution in [1.29, 1.82) is 0 Å². The Morgan fingerprint density at radius 3 is 2.78 bits per heavy atom. The molecular weight excluding hydrogens is 288 g/mol. The van der Waals surface area contributed by atoms with E-state index < -0.39 is 0 Å². The second-order valence-corrected chi connectivity index (χ2v) is 8.58. The van der Waals surface area contributed by atoms with Gasteiger partial charge in [-0.05, 0) is 61.5 Å². The van der Waals surface area contributed by atoms with Gasteiger partial charge in [0.1, 0.15) is 0 Å². The molecular formula is C20H28O3.